The Bertz CT molecular complexity index is 860. The summed E-state index contributed by atoms with van der Waals surface area (Å²) in [7, 11) is 1.60. The van der Waals surface area contributed by atoms with E-state index in [0.717, 1.165) is 12.2 Å². The molecule has 1 aromatic carbocycles. The Morgan fingerprint density at radius 1 is 1.09 bits per heavy atom. The highest BCUT2D eigenvalue weighted by molar-refractivity contribution is 5.98. The summed E-state index contributed by atoms with van der Waals surface area (Å²) in [5.41, 5.74) is 4.17. The topological polar surface area (TPSA) is 97.5 Å². The molecule has 3 amide bonds. The van der Waals surface area contributed by atoms with E-state index >= 15 is 0 Å². The quantitative estimate of drug-likeness (QED) is 0.487. The molecule has 0 radical (unpaired) electrons. The zero-order valence-electron chi connectivity index (χ0n) is 20.1. The van der Waals surface area contributed by atoms with Crippen molar-refractivity contribution in [1.82, 2.24) is 25.4 Å². The highest BCUT2D eigenvalue weighted by Crippen LogP contribution is 2.32. The summed E-state index contributed by atoms with van der Waals surface area (Å²) in [5, 5.41) is 4.46. The lowest BCUT2D eigenvalue weighted by molar-refractivity contribution is -0.141. The first-order chi connectivity index (χ1) is 16.5. The van der Waals surface area contributed by atoms with Gasteiger partial charge in [-0.1, -0.05) is 25.1 Å². The van der Waals surface area contributed by atoms with E-state index in [2.05, 4.69) is 27.5 Å². The summed E-state index contributed by atoms with van der Waals surface area (Å²) < 4.78 is 4.96. The fraction of sp³-hybridized carbons (Fsp3) is 0.625. The molecule has 0 aromatic heterocycles. The second-order valence-electron chi connectivity index (χ2n) is 9.17. The number of anilines is 1. The largest absolute Gasteiger partial charge is 0.383 e. The van der Waals surface area contributed by atoms with Crippen LogP contribution in [0.3, 0.4) is 0 Å². The number of piperazine rings is 1. The second-order valence-corrected chi connectivity index (χ2v) is 9.17. The lowest BCUT2D eigenvalue weighted by Gasteiger charge is -2.42. The maximum atomic E-state index is 13.6. The molecule has 2 N–H and O–H groups in total. The van der Waals surface area contributed by atoms with Crippen LogP contribution in [-0.4, -0.2) is 111 Å². The molecule has 3 saturated heterocycles. The molecule has 3 aliphatic rings. The molecular formula is C24H36N6O4. The minimum atomic E-state index is -0.291. The average molecular weight is 473 g/mol. The highest BCUT2D eigenvalue weighted by Gasteiger charge is 2.51. The number of methoxy groups -OCH3 is 1. The SMILES string of the molecule is CCN1CC(C(=O)N2CCN(CC(=O)NCCOC)CC2)C2NN(c3ccccc3)C(=O)C2C1. The third-order valence-corrected chi connectivity index (χ3v) is 7.05. The smallest absolute Gasteiger partial charge is 0.247 e. The molecule has 10 nitrogen and oxygen atoms in total. The Morgan fingerprint density at radius 3 is 2.50 bits per heavy atom. The number of rotatable bonds is 8. The van der Waals surface area contributed by atoms with E-state index in [4.69, 9.17) is 4.74 Å². The number of fused-ring (bicyclic) bond motifs is 1. The van der Waals surface area contributed by atoms with Crippen LogP contribution in [0.25, 0.3) is 0 Å². The Labute approximate surface area is 201 Å². The van der Waals surface area contributed by atoms with Crippen LogP contribution in [0.15, 0.2) is 30.3 Å². The maximum Gasteiger partial charge on any atom is 0.247 e. The predicted molar refractivity (Wildman–Crippen MR) is 128 cm³/mol. The van der Waals surface area contributed by atoms with Gasteiger partial charge in [-0.25, -0.2) is 10.4 Å². The normalized spacial score (nSPS) is 25.9. The minimum Gasteiger partial charge on any atom is -0.383 e. The molecule has 3 aliphatic heterocycles. The van der Waals surface area contributed by atoms with E-state index in [9.17, 15) is 14.4 Å². The van der Waals surface area contributed by atoms with Crippen molar-refractivity contribution in [1.29, 1.82) is 0 Å². The third-order valence-electron chi connectivity index (χ3n) is 7.05. The van der Waals surface area contributed by atoms with Crippen LogP contribution in [0.1, 0.15) is 6.92 Å². The van der Waals surface area contributed by atoms with E-state index in [-0.39, 0.29) is 35.6 Å². The van der Waals surface area contributed by atoms with Gasteiger partial charge < -0.3 is 19.9 Å². The van der Waals surface area contributed by atoms with Crippen molar-refractivity contribution in [2.24, 2.45) is 11.8 Å². The molecule has 0 spiro atoms. The number of piperidine rings is 1. The van der Waals surface area contributed by atoms with Crippen LogP contribution >= 0.6 is 0 Å². The van der Waals surface area contributed by atoms with Gasteiger partial charge in [0.1, 0.15) is 0 Å². The van der Waals surface area contributed by atoms with Gasteiger partial charge >= 0.3 is 0 Å². The molecule has 1 aromatic rings. The van der Waals surface area contributed by atoms with Crippen molar-refractivity contribution in [2.75, 3.05) is 77.6 Å². The number of hydrazine groups is 1. The number of nitrogens with one attached hydrogen (secondary N) is 2. The zero-order valence-corrected chi connectivity index (χ0v) is 20.1. The van der Waals surface area contributed by atoms with E-state index < -0.39 is 0 Å². The number of para-hydroxylation sites is 1. The number of amides is 3. The summed E-state index contributed by atoms with van der Waals surface area (Å²) in [5.74, 6) is -0.454. The Hall–Kier alpha value is -2.53. The van der Waals surface area contributed by atoms with Gasteiger partial charge in [0.15, 0.2) is 0 Å². The lowest BCUT2D eigenvalue weighted by atomic mass is 9.83. The van der Waals surface area contributed by atoms with E-state index in [1.165, 1.54) is 0 Å². The molecule has 186 valence electrons. The molecule has 3 heterocycles. The number of nitrogens with zero attached hydrogens (tertiary/aromatic N) is 4. The first-order valence-electron chi connectivity index (χ1n) is 12.2. The van der Waals surface area contributed by atoms with Gasteiger partial charge in [0.25, 0.3) is 0 Å². The molecule has 3 atom stereocenters. The Kier molecular flexibility index (Phi) is 8.15. The van der Waals surface area contributed by atoms with Crippen molar-refractivity contribution in [3.8, 4) is 0 Å². The molecule has 34 heavy (non-hydrogen) atoms. The number of likely N-dealkylation sites (tertiary alicyclic amines) is 1. The van der Waals surface area contributed by atoms with Crippen molar-refractivity contribution in [3.05, 3.63) is 30.3 Å². The third kappa shape index (κ3) is 5.41. The Balaban J connectivity index is 1.37. The van der Waals surface area contributed by atoms with Crippen molar-refractivity contribution >= 4 is 23.4 Å². The standard InChI is InChI=1S/C24H36N6O4/c1-3-27-15-19(22-20(16-27)24(33)30(26-22)18-7-5-4-6-8-18)23(32)29-12-10-28(11-13-29)17-21(31)25-9-14-34-2/h4-8,19-20,22,26H,3,9-17H2,1-2H3,(H,25,31). The number of ether oxygens (including phenoxy) is 1. The first-order valence-corrected chi connectivity index (χ1v) is 12.2. The number of carbonyl (C=O) groups is 3. The number of benzene rings is 1. The molecule has 0 saturated carbocycles. The maximum absolute atomic E-state index is 13.6. The van der Waals surface area contributed by atoms with Crippen LogP contribution < -0.4 is 15.8 Å². The summed E-state index contributed by atoms with van der Waals surface area (Å²) in [4.78, 5) is 45.1. The molecule has 0 aliphatic carbocycles. The van der Waals surface area contributed by atoms with Crippen molar-refractivity contribution < 1.29 is 19.1 Å². The number of hydrogen-bond donors (Lipinski definition) is 2. The van der Waals surface area contributed by atoms with Crippen LogP contribution in [0.5, 0.6) is 0 Å². The molecule has 0 bridgehead atoms. The zero-order chi connectivity index (χ0) is 24.1. The predicted octanol–water partition coefficient (Wildman–Crippen LogP) is -0.619. The van der Waals surface area contributed by atoms with Crippen LogP contribution in [0.4, 0.5) is 5.69 Å². The van der Waals surface area contributed by atoms with Crippen LogP contribution in [0, 0.1) is 11.8 Å². The average Bonchev–Trinajstić information content (AvgIpc) is 3.20. The molecule has 3 fully saturated rings. The Morgan fingerprint density at radius 2 is 1.82 bits per heavy atom. The van der Waals surface area contributed by atoms with Crippen molar-refractivity contribution in [2.45, 2.75) is 13.0 Å². The monoisotopic (exact) mass is 472 g/mol. The molecule has 3 unspecified atom stereocenters. The highest BCUT2D eigenvalue weighted by atomic mass is 16.5. The van der Waals surface area contributed by atoms with E-state index in [1.807, 2.05) is 35.2 Å². The van der Waals surface area contributed by atoms with Gasteiger partial charge in [-0.2, -0.15) is 0 Å². The van der Waals surface area contributed by atoms with Crippen LogP contribution in [0.2, 0.25) is 0 Å². The number of carbonyl (C=O) groups excluding carboxylic acids is 3. The molecule has 4 rings (SSSR count). The van der Waals surface area contributed by atoms with E-state index in [1.54, 1.807) is 12.1 Å². The van der Waals surface area contributed by atoms with Gasteiger partial charge in [-0.05, 0) is 18.7 Å². The summed E-state index contributed by atoms with van der Waals surface area (Å²) in [6, 6.07) is 9.33. The van der Waals surface area contributed by atoms with Gasteiger partial charge in [-0.15, -0.1) is 0 Å². The summed E-state index contributed by atoms with van der Waals surface area (Å²) in [6.45, 7) is 7.97. The van der Waals surface area contributed by atoms with Gasteiger partial charge in [0.2, 0.25) is 17.7 Å². The summed E-state index contributed by atoms with van der Waals surface area (Å²) in [6.07, 6.45) is 0. The minimum absolute atomic E-state index is 0.0245. The summed E-state index contributed by atoms with van der Waals surface area (Å²) >= 11 is 0. The van der Waals surface area contributed by atoms with Crippen LogP contribution in [-0.2, 0) is 19.1 Å². The van der Waals surface area contributed by atoms with Gasteiger partial charge in [-0.3, -0.25) is 19.3 Å². The lowest BCUT2D eigenvalue weighted by Crippen LogP contribution is -2.60. The fourth-order valence-corrected chi connectivity index (χ4v) is 5.11. The number of hydrogen-bond acceptors (Lipinski definition) is 7. The van der Waals surface area contributed by atoms with E-state index in [0.29, 0.717) is 59.0 Å². The molecule has 10 heteroatoms. The second kappa shape index (κ2) is 11.3. The molecular weight excluding hydrogens is 436 g/mol. The van der Waals surface area contributed by atoms with Gasteiger partial charge in [0, 0.05) is 52.9 Å². The first kappa shape index (κ1) is 24.6. The van der Waals surface area contributed by atoms with Crippen molar-refractivity contribution in [3.63, 3.8) is 0 Å². The van der Waals surface area contributed by atoms with Gasteiger partial charge in [0.05, 0.1) is 36.7 Å². The fourth-order valence-electron chi connectivity index (χ4n) is 5.11.